The Kier molecular flexibility index (Phi) is 9.20. The van der Waals surface area contributed by atoms with Crippen LogP contribution in [0.4, 0.5) is 0 Å². The Labute approximate surface area is 137 Å². The largest absolute Gasteiger partial charge is 0.481 e. The molecule has 135 valence electrons. The SMILES string of the molecule is C[C@@H](O)[C@H](N)C(=O)N[C@@H](CCC(=O)O)C(=O)N[C@H]([C]=O)CC(N)=O. The third-order valence-electron chi connectivity index (χ3n) is 2.97. The van der Waals surface area contributed by atoms with Crippen LogP contribution in [0.25, 0.3) is 0 Å². The van der Waals surface area contributed by atoms with Gasteiger partial charge in [-0.1, -0.05) is 0 Å². The van der Waals surface area contributed by atoms with E-state index in [0.717, 1.165) is 0 Å². The van der Waals surface area contributed by atoms with E-state index >= 15 is 0 Å². The molecule has 0 aromatic rings. The van der Waals surface area contributed by atoms with E-state index in [0.29, 0.717) is 0 Å². The third kappa shape index (κ3) is 8.19. The van der Waals surface area contributed by atoms with E-state index in [-0.39, 0.29) is 6.42 Å². The van der Waals surface area contributed by atoms with Crippen molar-refractivity contribution in [2.75, 3.05) is 0 Å². The summed E-state index contributed by atoms with van der Waals surface area (Å²) in [5.74, 6) is -3.85. The van der Waals surface area contributed by atoms with Crippen molar-refractivity contribution < 1.29 is 34.2 Å². The summed E-state index contributed by atoms with van der Waals surface area (Å²) in [5, 5.41) is 22.3. The highest BCUT2D eigenvalue weighted by Crippen LogP contribution is 2.01. The molecule has 0 fully saturated rings. The minimum Gasteiger partial charge on any atom is -0.481 e. The number of aliphatic carboxylic acids is 1. The zero-order valence-electron chi connectivity index (χ0n) is 13.0. The molecule has 0 heterocycles. The number of nitrogens with two attached hydrogens (primary N) is 2. The minimum atomic E-state index is -1.33. The fourth-order valence-corrected chi connectivity index (χ4v) is 1.62. The second-order valence-corrected chi connectivity index (χ2v) is 5.11. The first-order chi connectivity index (χ1) is 11.1. The second-order valence-electron chi connectivity index (χ2n) is 5.11. The van der Waals surface area contributed by atoms with Gasteiger partial charge in [-0.3, -0.25) is 24.0 Å². The van der Waals surface area contributed by atoms with Gasteiger partial charge >= 0.3 is 5.97 Å². The van der Waals surface area contributed by atoms with Crippen molar-refractivity contribution in [3.8, 4) is 0 Å². The minimum absolute atomic E-state index is 0.290. The van der Waals surface area contributed by atoms with Gasteiger partial charge < -0.3 is 32.3 Å². The average Bonchev–Trinajstić information content (AvgIpc) is 2.48. The van der Waals surface area contributed by atoms with Crippen molar-refractivity contribution >= 4 is 30.0 Å². The smallest absolute Gasteiger partial charge is 0.303 e. The van der Waals surface area contributed by atoms with E-state index in [1.54, 1.807) is 0 Å². The van der Waals surface area contributed by atoms with Gasteiger partial charge in [0.05, 0.1) is 12.5 Å². The van der Waals surface area contributed by atoms with Crippen molar-refractivity contribution in [3.05, 3.63) is 0 Å². The summed E-state index contributed by atoms with van der Waals surface area (Å²) >= 11 is 0. The lowest BCUT2D eigenvalue weighted by Gasteiger charge is -2.22. The number of carboxylic acids is 1. The summed E-state index contributed by atoms with van der Waals surface area (Å²) in [6, 6.07) is -3.99. The maximum absolute atomic E-state index is 12.1. The third-order valence-corrected chi connectivity index (χ3v) is 2.97. The van der Waals surface area contributed by atoms with Gasteiger partial charge in [0.2, 0.25) is 24.0 Å². The van der Waals surface area contributed by atoms with Gasteiger partial charge in [0.15, 0.2) is 0 Å². The number of carboxylic acid groups (broad SMARTS) is 1. The van der Waals surface area contributed by atoms with E-state index < -0.39 is 60.8 Å². The standard InChI is InChI=1S/C13H21N4O7/c1-6(19)11(15)13(24)17-8(2-3-10(21)22)12(23)16-7(5-18)4-9(14)20/h6-8,11,19H,2-4,15H2,1H3,(H2,14,20)(H,16,23)(H,17,24)(H,21,22)/t6-,7+,8+,11+/m1/s1. The summed E-state index contributed by atoms with van der Waals surface area (Å²) in [6.45, 7) is 1.26. The Bertz CT molecular complexity index is 495. The number of aliphatic hydroxyl groups excluding tert-OH is 1. The first-order valence-electron chi connectivity index (χ1n) is 7.00. The molecule has 0 aliphatic heterocycles. The number of rotatable bonds is 11. The molecule has 4 atom stereocenters. The molecule has 1 radical (unpaired) electrons. The van der Waals surface area contributed by atoms with Gasteiger partial charge in [-0.15, -0.1) is 0 Å². The van der Waals surface area contributed by atoms with Crippen LogP contribution >= 0.6 is 0 Å². The number of carbonyl (C=O) groups excluding carboxylic acids is 4. The van der Waals surface area contributed by atoms with Gasteiger partial charge in [-0.25, -0.2) is 0 Å². The first kappa shape index (κ1) is 21.5. The Morgan fingerprint density at radius 2 is 1.75 bits per heavy atom. The van der Waals surface area contributed by atoms with Gasteiger partial charge in [0.25, 0.3) is 0 Å². The Morgan fingerprint density at radius 1 is 1.17 bits per heavy atom. The summed E-state index contributed by atoms with van der Waals surface area (Å²) in [6.07, 6.45) is -1.03. The molecule has 0 saturated carbocycles. The lowest BCUT2D eigenvalue weighted by molar-refractivity contribution is -0.138. The molecule has 0 rings (SSSR count). The molecule has 8 N–H and O–H groups in total. The number of carbonyl (C=O) groups is 4. The van der Waals surface area contributed by atoms with Gasteiger partial charge in [-0.05, 0) is 13.3 Å². The van der Waals surface area contributed by atoms with Crippen LogP contribution in [0, 0.1) is 0 Å². The van der Waals surface area contributed by atoms with Crippen molar-refractivity contribution in [1.82, 2.24) is 10.6 Å². The number of aliphatic hydroxyl groups is 1. The van der Waals surface area contributed by atoms with Crippen LogP contribution in [0.15, 0.2) is 0 Å². The molecule has 24 heavy (non-hydrogen) atoms. The van der Waals surface area contributed by atoms with E-state index in [9.17, 15) is 29.1 Å². The zero-order valence-corrected chi connectivity index (χ0v) is 13.0. The summed E-state index contributed by atoms with van der Waals surface area (Å²) < 4.78 is 0. The molecule has 0 aliphatic rings. The topological polar surface area (TPSA) is 202 Å². The fourth-order valence-electron chi connectivity index (χ4n) is 1.62. The number of nitrogens with one attached hydrogen (secondary N) is 2. The highest BCUT2D eigenvalue weighted by atomic mass is 16.4. The van der Waals surface area contributed by atoms with Crippen LogP contribution in [-0.2, 0) is 24.0 Å². The van der Waals surface area contributed by atoms with Crippen LogP contribution in [-0.4, -0.2) is 64.4 Å². The lowest BCUT2D eigenvalue weighted by atomic mass is 10.1. The molecule has 11 nitrogen and oxygen atoms in total. The second kappa shape index (κ2) is 10.3. The maximum atomic E-state index is 12.1. The van der Waals surface area contributed by atoms with Gasteiger partial charge in [0.1, 0.15) is 18.1 Å². The fraction of sp³-hybridized carbons (Fsp3) is 0.615. The van der Waals surface area contributed by atoms with Crippen LogP contribution in [0.2, 0.25) is 0 Å². The predicted octanol–water partition coefficient (Wildman–Crippen LogP) is -3.49. The molecular formula is C13H21N4O7. The van der Waals surface area contributed by atoms with E-state index in [2.05, 4.69) is 10.6 Å². The van der Waals surface area contributed by atoms with E-state index in [1.807, 2.05) is 0 Å². The molecule has 0 aromatic heterocycles. The lowest BCUT2D eigenvalue weighted by Crippen LogP contribution is -2.56. The highest BCUT2D eigenvalue weighted by Gasteiger charge is 2.28. The molecule has 0 bridgehead atoms. The van der Waals surface area contributed by atoms with Crippen molar-refractivity contribution in [2.45, 2.75) is 50.4 Å². The molecule has 0 unspecified atom stereocenters. The van der Waals surface area contributed by atoms with Crippen LogP contribution in [0.1, 0.15) is 26.2 Å². The Morgan fingerprint density at radius 3 is 2.17 bits per heavy atom. The quantitative estimate of drug-likeness (QED) is 0.221. The first-order valence-corrected chi connectivity index (χ1v) is 7.00. The molecule has 0 aliphatic carbocycles. The average molecular weight is 345 g/mol. The molecule has 0 aromatic carbocycles. The Hall–Kier alpha value is -2.53. The number of hydrogen-bond donors (Lipinski definition) is 6. The molecule has 0 spiro atoms. The normalized spacial score (nSPS) is 15.5. The molecule has 3 amide bonds. The molecular weight excluding hydrogens is 324 g/mol. The monoisotopic (exact) mass is 345 g/mol. The van der Waals surface area contributed by atoms with Crippen molar-refractivity contribution in [1.29, 1.82) is 0 Å². The van der Waals surface area contributed by atoms with E-state index in [4.69, 9.17) is 16.6 Å². The Balaban J connectivity index is 4.99. The predicted molar refractivity (Wildman–Crippen MR) is 79.9 cm³/mol. The summed E-state index contributed by atoms with van der Waals surface area (Å²) in [4.78, 5) is 56.0. The van der Waals surface area contributed by atoms with Gasteiger partial charge in [0, 0.05) is 6.42 Å². The molecule has 11 heteroatoms. The summed E-state index contributed by atoms with van der Waals surface area (Å²) in [5.41, 5.74) is 10.3. The number of hydrogen-bond acceptors (Lipinski definition) is 7. The van der Waals surface area contributed by atoms with Crippen LogP contribution in [0.3, 0.4) is 0 Å². The maximum Gasteiger partial charge on any atom is 0.303 e. The van der Waals surface area contributed by atoms with E-state index in [1.165, 1.54) is 13.2 Å². The van der Waals surface area contributed by atoms with Crippen molar-refractivity contribution in [2.24, 2.45) is 11.5 Å². The number of primary amides is 1. The zero-order chi connectivity index (χ0) is 18.9. The number of amides is 3. The van der Waals surface area contributed by atoms with Crippen LogP contribution in [0.5, 0.6) is 0 Å². The van der Waals surface area contributed by atoms with Crippen molar-refractivity contribution in [3.63, 3.8) is 0 Å². The highest BCUT2D eigenvalue weighted by molar-refractivity contribution is 5.92. The molecule has 0 saturated heterocycles. The van der Waals surface area contributed by atoms with Gasteiger partial charge in [-0.2, -0.15) is 0 Å². The summed E-state index contributed by atoms with van der Waals surface area (Å²) in [7, 11) is 0. The van der Waals surface area contributed by atoms with Crippen LogP contribution < -0.4 is 22.1 Å².